The summed E-state index contributed by atoms with van der Waals surface area (Å²) in [5.74, 6) is -9.22. The third-order valence-electron chi connectivity index (χ3n) is 7.60. The van der Waals surface area contributed by atoms with Crippen molar-refractivity contribution >= 4 is 12.2 Å². The molecule has 0 bridgehead atoms. The Kier molecular flexibility index (Phi) is 10.1. The number of halogens is 8. The first kappa shape index (κ1) is 33.4. The molecule has 0 saturated carbocycles. The Balaban J connectivity index is 1.28. The summed E-state index contributed by atoms with van der Waals surface area (Å²) in [6.45, 7) is 2.16. The van der Waals surface area contributed by atoms with E-state index in [1.165, 1.54) is 42.3 Å². The number of alkyl halides is 2. The molecule has 0 spiro atoms. The van der Waals surface area contributed by atoms with Crippen LogP contribution >= 0.6 is 0 Å². The van der Waals surface area contributed by atoms with Crippen molar-refractivity contribution in [2.24, 2.45) is 0 Å². The molecule has 0 N–H and O–H groups in total. The number of hydrogen-bond donors (Lipinski definition) is 0. The van der Waals surface area contributed by atoms with Crippen molar-refractivity contribution in [2.45, 2.75) is 38.7 Å². The quantitative estimate of drug-likeness (QED) is 0.0597. The van der Waals surface area contributed by atoms with Crippen LogP contribution < -0.4 is 4.74 Å². The van der Waals surface area contributed by atoms with E-state index in [0.717, 1.165) is 42.5 Å². The van der Waals surface area contributed by atoms with Gasteiger partial charge in [-0.2, -0.15) is 8.78 Å². The molecular weight excluding hydrogens is 624 g/mol. The molecule has 1 nitrogen and oxygen atoms in total. The third kappa shape index (κ3) is 7.91. The summed E-state index contributed by atoms with van der Waals surface area (Å²) >= 11 is 0. The SMILES string of the molecule is CCCCCc1ccc(-c2ccc(/C=C/c3ccc(-c4ccc(C(F)(F)Oc5cc(F)c(F)c(F)c5)c(F)c4)c(F)c3)c(F)c2)cc1. The summed E-state index contributed by atoms with van der Waals surface area (Å²) in [5, 5.41) is 0. The number of aryl methyl sites for hydroxylation is 1. The van der Waals surface area contributed by atoms with E-state index in [-0.39, 0.29) is 28.8 Å². The standard InChI is InChI=1S/C38H28F8O/c1-2-3-4-5-23-6-10-25(11-7-23)27-14-13-26(32(39)19-27)12-8-24-9-16-30(33(40)18-24)28-15-17-31(34(41)20-28)38(45,46)47-29-21-35(42)37(44)36(43)22-29/h6-22H,2-5H2,1H3/b12-8+. The molecule has 0 amide bonds. The van der Waals surface area contributed by atoms with Crippen molar-refractivity contribution in [3.8, 4) is 28.0 Å². The molecule has 0 radical (unpaired) electrons. The summed E-state index contributed by atoms with van der Waals surface area (Å²) in [7, 11) is 0. The molecule has 5 aromatic carbocycles. The van der Waals surface area contributed by atoms with E-state index >= 15 is 4.39 Å². The monoisotopic (exact) mass is 652 g/mol. The predicted molar refractivity (Wildman–Crippen MR) is 167 cm³/mol. The molecule has 242 valence electrons. The van der Waals surface area contributed by atoms with Gasteiger partial charge in [0.25, 0.3) is 0 Å². The highest BCUT2D eigenvalue weighted by atomic mass is 19.3. The zero-order valence-electron chi connectivity index (χ0n) is 25.1. The van der Waals surface area contributed by atoms with Crippen molar-refractivity contribution in [3.63, 3.8) is 0 Å². The largest absolute Gasteiger partial charge is 0.429 e. The summed E-state index contributed by atoms with van der Waals surface area (Å²) in [6.07, 6.45) is 3.03. The molecule has 0 unspecified atom stereocenters. The second kappa shape index (κ2) is 14.2. The lowest BCUT2D eigenvalue weighted by atomic mass is 9.99. The maximum Gasteiger partial charge on any atom is 0.429 e. The van der Waals surface area contributed by atoms with Crippen molar-refractivity contribution in [1.29, 1.82) is 0 Å². The fourth-order valence-corrected chi connectivity index (χ4v) is 5.05. The molecule has 0 aliphatic carbocycles. The maximum absolute atomic E-state index is 15.1. The van der Waals surface area contributed by atoms with Gasteiger partial charge in [0.15, 0.2) is 17.5 Å². The molecule has 5 rings (SSSR count). The zero-order valence-corrected chi connectivity index (χ0v) is 25.1. The number of hydrogen-bond acceptors (Lipinski definition) is 1. The number of benzene rings is 5. The van der Waals surface area contributed by atoms with Gasteiger partial charge in [-0.1, -0.05) is 86.5 Å². The highest BCUT2D eigenvalue weighted by Crippen LogP contribution is 2.36. The van der Waals surface area contributed by atoms with Gasteiger partial charge in [-0.05, 0) is 64.9 Å². The summed E-state index contributed by atoms with van der Waals surface area (Å²) in [4.78, 5) is 0. The van der Waals surface area contributed by atoms with E-state index in [0.29, 0.717) is 17.7 Å². The molecule has 5 aromatic rings. The van der Waals surface area contributed by atoms with Crippen LogP contribution in [0.4, 0.5) is 35.1 Å². The van der Waals surface area contributed by atoms with Crippen LogP contribution in [-0.2, 0) is 12.5 Å². The van der Waals surface area contributed by atoms with Crippen LogP contribution in [0, 0.1) is 34.9 Å². The van der Waals surface area contributed by atoms with Crippen molar-refractivity contribution in [2.75, 3.05) is 0 Å². The van der Waals surface area contributed by atoms with Gasteiger partial charge in [0.2, 0.25) is 0 Å². The van der Waals surface area contributed by atoms with Crippen LogP contribution in [0.5, 0.6) is 5.75 Å². The van der Waals surface area contributed by atoms with Gasteiger partial charge in [0, 0.05) is 23.3 Å². The highest BCUT2D eigenvalue weighted by molar-refractivity contribution is 5.74. The van der Waals surface area contributed by atoms with Crippen LogP contribution in [0.3, 0.4) is 0 Å². The topological polar surface area (TPSA) is 9.23 Å². The Morgan fingerprint density at radius 3 is 1.89 bits per heavy atom. The summed E-state index contributed by atoms with van der Waals surface area (Å²) in [6, 6.07) is 19.5. The minimum atomic E-state index is -4.40. The Morgan fingerprint density at radius 1 is 0.596 bits per heavy atom. The predicted octanol–water partition coefficient (Wildman–Crippen LogP) is 11.9. The van der Waals surface area contributed by atoms with Crippen molar-refractivity contribution < 1.29 is 39.9 Å². The second-order valence-electron chi connectivity index (χ2n) is 11.0. The lowest BCUT2D eigenvalue weighted by molar-refractivity contribution is -0.187. The van der Waals surface area contributed by atoms with Gasteiger partial charge < -0.3 is 4.74 Å². The normalized spacial score (nSPS) is 11.8. The zero-order chi connectivity index (χ0) is 33.7. The minimum absolute atomic E-state index is 0.0791. The van der Waals surface area contributed by atoms with E-state index < -0.39 is 52.3 Å². The summed E-state index contributed by atoms with van der Waals surface area (Å²) < 4.78 is 118. The smallest absolute Gasteiger partial charge is 0.429 e. The Hall–Kier alpha value is -4.92. The fourth-order valence-electron chi connectivity index (χ4n) is 5.05. The minimum Gasteiger partial charge on any atom is -0.429 e. The average Bonchev–Trinajstić information content (AvgIpc) is 3.03. The van der Waals surface area contributed by atoms with Crippen molar-refractivity contribution in [1.82, 2.24) is 0 Å². The molecule has 9 heteroatoms. The van der Waals surface area contributed by atoms with Gasteiger partial charge in [-0.25, -0.2) is 26.3 Å². The van der Waals surface area contributed by atoms with E-state index in [1.807, 2.05) is 24.3 Å². The van der Waals surface area contributed by atoms with Gasteiger partial charge in [-0.15, -0.1) is 0 Å². The average molecular weight is 653 g/mol. The number of rotatable bonds is 11. The van der Waals surface area contributed by atoms with Gasteiger partial charge in [0.05, 0.1) is 5.56 Å². The lowest BCUT2D eigenvalue weighted by Crippen LogP contribution is -2.23. The van der Waals surface area contributed by atoms with Crippen LogP contribution in [0.2, 0.25) is 0 Å². The molecule has 0 aromatic heterocycles. The number of ether oxygens (including phenoxy) is 1. The van der Waals surface area contributed by atoms with Crippen LogP contribution in [0.15, 0.2) is 91.0 Å². The van der Waals surface area contributed by atoms with Gasteiger partial charge >= 0.3 is 6.11 Å². The van der Waals surface area contributed by atoms with Crippen LogP contribution in [-0.4, -0.2) is 0 Å². The van der Waals surface area contributed by atoms with E-state index in [9.17, 15) is 30.7 Å². The Morgan fingerprint density at radius 2 is 1.26 bits per heavy atom. The molecule has 0 heterocycles. The van der Waals surface area contributed by atoms with E-state index in [4.69, 9.17) is 0 Å². The first-order valence-corrected chi connectivity index (χ1v) is 14.8. The van der Waals surface area contributed by atoms with Crippen LogP contribution in [0.1, 0.15) is 48.4 Å². The van der Waals surface area contributed by atoms with E-state index in [1.54, 1.807) is 12.1 Å². The second-order valence-corrected chi connectivity index (χ2v) is 11.0. The Bertz CT molecular complexity index is 1890. The maximum atomic E-state index is 15.1. The molecule has 47 heavy (non-hydrogen) atoms. The first-order chi connectivity index (χ1) is 22.4. The Labute approximate surface area is 266 Å². The highest BCUT2D eigenvalue weighted by Gasteiger charge is 2.38. The fraction of sp³-hybridized carbons (Fsp3) is 0.158. The molecule has 0 atom stereocenters. The molecule has 0 aliphatic rings. The third-order valence-corrected chi connectivity index (χ3v) is 7.60. The molecule has 0 saturated heterocycles. The lowest BCUT2D eigenvalue weighted by Gasteiger charge is -2.19. The van der Waals surface area contributed by atoms with E-state index in [2.05, 4.69) is 11.7 Å². The van der Waals surface area contributed by atoms with Crippen molar-refractivity contribution in [3.05, 3.63) is 148 Å². The molecular formula is C38H28F8O. The first-order valence-electron chi connectivity index (χ1n) is 14.8. The van der Waals surface area contributed by atoms with Crippen LogP contribution in [0.25, 0.3) is 34.4 Å². The number of unbranched alkanes of at least 4 members (excludes halogenated alkanes) is 2. The molecule has 0 aliphatic heterocycles. The van der Waals surface area contributed by atoms with Gasteiger partial charge in [-0.3, -0.25) is 0 Å². The molecule has 0 fully saturated rings. The van der Waals surface area contributed by atoms with Gasteiger partial charge in [0.1, 0.15) is 23.2 Å². The summed E-state index contributed by atoms with van der Waals surface area (Å²) in [5.41, 5.74) is 2.00.